The molecule has 1 unspecified atom stereocenters. The van der Waals surface area contributed by atoms with Gasteiger partial charge in [-0.25, -0.2) is 0 Å². The Labute approximate surface area is 232 Å². The monoisotopic (exact) mass is 1080 g/mol. The topological polar surface area (TPSA) is 91.4 Å². The average molecular weight is 1080 g/mol. The van der Waals surface area contributed by atoms with Crippen LogP contribution in [0.25, 0.3) is 33.5 Å². The normalized spacial score (nSPS) is 11.2. The van der Waals surface area contributed by atoms with Crippen LogP contribution in [0.5, 0.6) is 0 Å². The van der Waals surface area contributed by atoms with Gasteiger partial charge in [0.2, 0.25) is 0 Å². The predicted molar refractivity (Wildman–Crippen MR) is 103 cm³/mol. The Balaban J connectivity index is 0.00000210. The summed E-state index contributed by atoms with van der Waals surface area (Å²) in [6.07, 6.45) is 1.76. The Hall–Kier alpha value is -0.272. The van der Waals surface area contributed by atoms with Crippen molar-refractivity contribution in [2.45, 2.75) is 19.8 Å². The molecule has 0 saturated heterocycles. The van der Waals surface area contributed by atoms with Gasteiger partial charge in [-0.05, 0) is 22.9 Å². The summed E-state index contributed by atoms with van der Waals surface area (Å²) in [5, 5.41) is 7.75. The second-order valence-corrected chi connectivity index (χ2v) is 6.71. The third-order valence-corrected chi connectivity index (χ3v) is 4.38. The van der Waals surface area contributed by atoms with E-state index in [1.165, 1.54) is 0 Å². The van der Waals surface area contributed by atoms with Crippen molar-refractivity contribution >= 4 is 35.6 Å². The molecule has 0 amide bonds. The molecule has 0 saturated carbocycles. The van der Waals surface area contributed by atoms with E-state index in [2.05, 4.69) is 31.4 Å². The smallest absolute Gasteiger partial charge is 0.261 e. The van der Waals surface area contributed by atoms with E-state index in [0.29, 0.717) is 28.1 Å². The number of H-pyrrole nitrogens is 2. The van der Waals surface area contributed by atoms with Gasteiger partial charge in [-0.1, -0.05) is 13.8 Å². The maximum atomic E-state index is 12.9. The SMILES string of the molecule is [B]C(Nc1c(-c2nc3c[c-]ccc3[nH]2)c(=O)[nH]c2cn(C)nc12)C(C)C.[W].[W].[W].[W]. The fourth-order valence-corrected chi connectivity index (χ4v) is 2.90. The standard InChI is InChI=1S/C18H18BN6O.4W/c1-9(2)16(19)23-15-13(17-20-10-6-4-5-7-11(10)21-17)18(26)22-12-8-25(3)24-14(12)15;;;;/h4,6-9,16,23H,1-3H3,(H,20,21)(H,22,26);;;;/q-1;;;;. The molecule has 7 nitrogen and oxygen atoms in total. The van der Waals surface area contributed by atoms with Crippen molar-refractivity contribution in [2.24, 2.45) is 13.0 Å². The number of nitrogens with zero attached hydrogens (tertiary/aromatic N) is 3. The van der Waals surface area contributed by atoms with Gasteiger partial charge in [0.25, 0.3) is 5.56 Å². The van der Waals surface area contributed by atoms with Crippen molar-refractivity contribution in [3.63, 3.8) is 0 Å². The van der Waals surface area contributed by atoms with Crippen LogP contribution < -0.4 is 10.9 Å². The van der Waals surface area contributed by atoms with Gasteiger partial charge in [0.15, 0.2) is 0 Å². The van der Waals surface area contributed by atoms with Gasteiger partial charge in [-0.3, -0.25) is 14.5 Å². The molecule has 30 heavy (non-hydrogen) atoms. The van der Waals surface area contributed by atoms with Crippen LogP contribution in [0, 0.1) is 12.0 Å². The maximum absolute atomic E-state index is 12.9. The minimum atomic E-state index is -0.335. The first kappa shape index (κ1) is 29.7. The number of fused-ring (bicyclic) bond motifs is 2. The minimum absolute atomic E-state index is 0. The molecule has 4 aromatic rings. The molecule has 12 heteroatoms. The Bertz CT molecular complexity index is 1140. The van der Waals surface area contributed by atoms with Crippen molar-refractivity contribution in [1.29, 1.82) is 0 Å². The second-order valence-electron chi connectivity index (χ2n) is 6.71. The van der Waals surface area contributed by atoms with Crippen LogP contribution in [0.4, 0.5) is 5.69 Å². The Morgan fingerprint density at radius 1 is 1.17 bits per heavy atom. The number of aromatic amines is 2. The van der Waals surface area contributed by atoms with Crippen LogP contribution in [0.2, 0.25) is 0 Å². The molecule has 2 radical (unpaired) electrons. The first-order valence-corrected chi connectivity index (χ1v) is 8.42. The average Bonchev–Trinajstić information content (AvgIpc) is 3.16. The number of anilines is 1. The molecule has 0 aliphatic rings. The zero-order valence-electron chi connectivity index (χ0n) is 16.4. The molecule has 3 heterocycles. The molecule has 154 valence electrons. The zero-order valence-corrected chi connectivity index (χ0v) is 28.2. The number of benzene rings is 1. The van der Waals surface area contributed by atoms with Crippen molar-refractivity contribution < 1.29 is 84.3 Å². The van der Waals surface area contributed by atoms with Crippen LogP contribution in [0.1, 0.15) is 13.8 Å². The number of rotatable bonds is 4. The second kappa shape index (κ2) is 12.1. The fourth-order valence-electron chi connectivity index (χ4n) is 2.90. The molecule has 0 bridgehead atoms. The molecular weight excluding hydrogens is 1060 g/mol. The molecule has 4 rings (SSSR count). The number of imidazole rings is 1. The van der Waals surface area contributed by atoms with Crippen molar-refractivity contribution in [3.05, 3.63) is 40.8 Å². The van der Waals surface area contributed by atoms with Gasteiger partial charge in [-0.15, -0.1) is 12.1 Å². The number of aromatic nitrogens is 5. The summed E-state index contributed by atoms with van der Waals surface area (Å²) < 4.78 is 1.66. The molecule has 0 spiro atoms. The number of nitrogens with one attached hydrogen (secondary N) is 3. The van der Waals surface area contributed by atoms with E-state index in [4.69, 9.17) is 7.85 Å². The van der Waals surface area contributed by atoms with Crippen LogP contribution in [-0.2, 0) is 91.3 Å². The Kier molecular flexibility index (Phi) is 12.0. The van der Waals surface area contributed by atoms with Crippen LogP contribution in [0.3, 0.4) is 0 Å². The van der Waals surface area contributed by atoms with Gasteiger partial charge in [0.05, 0.1) is 19.1 Å². The van der Waals surface area contributed by atoms with E-state index in [-0.39, 0.29) is 102 Å². The predicted octanol–water partition coefficient (Wildman–Crippen LogP) is 2.16. The molecule has 1 aromatic carbocycles. The van der Waals surface area contributed by atoms with Gasteiger partial charge in [0, 0.05) is 97.5 Å². The summed E-state index contributed by atoms with van der Waals surface area (Å²) in [5.41, 5.74) is 3.57. The largest absolute Gasteiger partial charge is 0.388 e. The van der Waals surface area contributed by atoms with Crippen molar-refractivity contribution in [1.82, 2.24) is 24.7 Å². The molecule has 0 aliphatic carbocycles. The van der Waals surface area contributed by atoms with Crippen molar-refractivity contribution in [3.8, 4) is 11.4 Å². The van der Waals surface area contributed by atoms with Gasteiger partial charge < -0.3 is 15.3 Å². The minimum Gasteiger partial charge on any atom is -0.388 e. The van der Waals surface area contributed by atoms with Gasteiger partial charge in [0.1, 0.15) is 16.9 Å². The van der Waals surface area contributed by atoms with E-state index in [1.54, 1.807) is 30.1 Å². The van der Waals surface area contributed by atoms with E-state index in [9.17, 15) is 4.79 Å². The van der Waals surface area contributed by atoms with Crippen LogP contribution >= 0.6 is 0 Å². The first-order chi connectivity index (χ1) is 12.4. The quantitative estimate of drug-likeness (QED) is 0.216. The molecule has 0 aliphatic heterocycles. The molecule has 1 atom stereocenters. The molecule has 3 aromatic heterocycles. The van der Waals surface area contributed by atoms with Crippen LogP contribution in [0.15, 0.2) is 29.2 Å². The van der Waals surface area contributed by atoms with E-state index in [0.717, 1.165) is 11.0 Å². The van der Waals surface area contributed by atoms with E-state index >= 15 is 0 Å². The summed E-state index contributed by atoms with van der Waals surface area (Å²) in [5.74, 6) is 0.302. The van der Waals surface area contributed by atoms with Gasteiger partial charge >= 0.3 is 0 Å². The van der Waals surface area contributed by atoms with E-state index < -0.39 is 0 Å². The number of hydrogen-bond donors (Lipinski definition) is 3. The summed E-state index contributed by atoms with van der Waals surface area (Å²) >= 11 is 0. The maximum Gasteiger partial charge on any atom is 0.261 e. The van der Waals surface area contributed by atoms with Gasteiger partial charge in [-0.2, -0.15) is 17.2 Å². The molecule has 3 N–H and O–H groups in total. The molecule has 0 fully saturated rings. The first-order valence-electron chi connectivity index (χ1n) is 8.42. The Morgan fingerprint density at radius 3 is 2.50 bits per heavy atom. The zero-order chi connectivity index (χ0) is 18.4. The third kappa shape index (κ3) is 5.74. The number of hydrogen-bond acceptors (Lipinski definition) is 4. The third-order valence-electron chi connectivity index (χ3n) is 4.38. The number of pyridine rings is 1. The molecular formula is C18H18BN6OW4-. The van der Waals surface area contributed by atoms with Crippen molar-refractivity contribution in [2.75, 3.05) is 5.32 Å². The van der Waals surface area contributed by atoms with E-state index in [1.807, 2.05) is 19.9 Å². The summed E-state index contributed by atoms with van der Waals surface area (Å²) in [6.45, 7) is 4.02. The summed E-state index contributed by atoms with van der Waals surface area (Å²) in [7, 11) is 8.03. The number of aryl methyl sites for hydroxylation is 1. The fraction of sp³-hybridized carbons (Fsp3) is 0.278. The Morgan fingerprint density at radius 2 is 1.87 bits per heavy atom. The summed E-state index contributed by atoms with van der Waals surface area (Å²) in [6, 6.07) is 8.43. The summed E-state index contributed by atoms with van der Waals surface area (Å²) in [4.78, 5) is 23.5. The van der Waals surface area contributed by atoms with Crippen LogP contribution in [-0.4, -0.2) is 38.5 Å².